The molecule has 2 aromatic heterocycles. The SMILES string of the molecule is FC(F)(F)Oc1ccc(-c2ccc(OCc3ccccn3)nc2)cc1. The second-order valence-corrected chi connectivity index (χ2v) is 5.07. The minimum atomic E-state index is -4.70. The van der Waals surface area contributed by atoms with Crippen LogP contribution in [-0.2, 0) is 6.61 Å². The molecular formula is C18H13F3N2O2. The molecule has 0 saturated carbocycles. The zero-order valence-corrected chi connectivity index (χ0v) is 12.9. The Bertz CT molecular complexity index is 804. The molecule has 0 aliphatic rings. The van der Waals surface area contributed by atoms with Gasteiger partial charge in [-0.1, -0.05) is 18.2 Å². The molecule has 0 spiro atoms. The van der Waals surface area contributed by atoms with E-state index in [-0.39, 0.29) is 5.75 Å². The van der Waals surface area contributed by atoms with Gasteiger partial charge in [0, 0.05) is 24.0 Å². The van der Waals surface area contributed by atoms with Crippen LogP contribution in [0, 0.1) is 0 Å². The van der Waals surface area contributed by atoms with Gasteiger partial charge in [-0.25, -0.2) is 4.98 Å². The number of rotatable bonds is 5. The maximum atomic E-state index is 12.2. The maximum Gasteiger partial charge on any atom is 0.573 e. The molecule has 3 aromatic rings. The van der Waals surface area contributed by atoms with E-state index >= 15 is 0 Å². The predicted octanol–water partition coefficient (Wildman–Crippen LogP) is 4.62. The van der Waals surface area contributed by atoms with Gasteiger partial charge in [0.1, 0.15) is 12.4 Å². The molecule has 0 aliphatic carbocycles. The summed E-state index contributed by atoms with van der Waals surface area (Å²) in [6, 6.07) is 14.6. The van der Waals surface area contributed by atoms with Crippen LogP contribution in [0.25, 0.3) is 11.1 Å². The van der Waals surface area contributed by atoms with Gasteiger partial charge in [-0.2, -0.15) is 0 Å². The summed E-state index contributed by atoms with van der Waals surface area (Å²) in [7, 11) is 0. The van der Waals surface area contributed by atoms with Crippen LogP contribution in [0.5, 0.6) is 11.6 Å². The first-order valence-corrected chi connectivity index (χ1v) is 7.34. The van der Waals surface area contributed by atoms with Crippen LogP contribution < -0.4 is 9.47 Å². The number of hydrogen-bond acceptors (Lipinski definition) is 4. The highest BCUT2D eigenvalue weighted by Crippen LogP contribution is 2.26. The summed E-state index contributed by atoms with van der Waals surface area (Å²) in [6.07, 6.45) is -1.43. The van der Waals surface area contributed by atoms with E-state index in [0.29, 0.717) is 12.5 Å². The normalized spacial score (nSPS) is 11.2. The van der Waals surface area contributed by atoms with E-state index in [1.807, 2.05) is 18.2 Å². The van der Waals surface area contributed by atoms with Gasteiger partial charge in [-0.3, -0.25) is 4.98 Å². The average Bonchev–Trinajstić information content (AvgIpc) is 2.61. The number of hydrogen-bond donors (Lipinski definition) is 0. The summed E-state index contributed by atoms with van der Waals surface area (Å²) in [5.74, 6) is 0.172. The highest BCUT2D eigenvalue weighted by molar-refractivity contribution is 5.63. The first-order chi connectivity index (χ1) is 12.0. The first-order valence-electron chi connectivity index (χ1n) is 7.34. The minimum Gasteiger partial charge on any atom is -0.471 e. The monoisotopic (exact) mass is 346 g/mol. The molecule has 0 amide bonds. The molecular weight excluding hydrogens is 333 g/mol. The van der Waals surface area contributed by atoms with Gasteiger partial charge >= 0.3 is 6.36 Å². The summed E-state index contributed by atoms with van der Waals surface area (Å²) in [5, 5.41) is 0. The van der Waals surface area contributed by atoms with Crippen molar-refractivity contribution in [2.24, 2.45) is 0 Å². The van der Waals surface area contributed by atoms with Gasteiger partial charge in [0.15, 0.2) is 0 Å². The number of alkyl halides is 3. The smallest absolute Gasteiger partial charge is 0.471 e. The van der Waals surface area contributed by atoms with E-state index in [9.17, 15) is 13.2 Å². The number of aromatic nitrogens is 2. The fourth-order valence-corrected chi connectivity index (χ4v) is 2.12. The molecule has 7 heteroatoms. The Morgan fingerprint density at radius 2 is 1.60 bits per heavy atom. The van der Waals surface area contributed by atoms with Crippen LogP contribution in [0.4, 0.5) is 13.2 Å². The predicted molar refractivity (Wildman–Crippen MR) is 84.9 cm³/mol. The molecule has 1 aromatic carbocycles. The summed E-state index contributed by atoms with van der Waals surface area (Å²) in [4.78, 5) is 8.34. The number of nitrogens with zero attached hydrogens (tertiary/aromatic N) is 2. The highest BCUT2D eigenvalue weighted by Gasteiger charge is 2.30. The molecule has 0 unspecified atom stereocenters. The Labute approximate surface area is 141 Å². The number of ether oxygens (including phenoxy) is 2. The van der Waals surface area contributed by atoms with Crippen molar-refractivity contribution < 1.29 is 22.6 Å². The van der Waals surface area contributed by atoms with Crippen molar-refractivity contribution >= 4 is 0 Å². The summed E-state index contributed by atoms with van der Waals surface area (Å²) in [6.45, 7) is 0.302. The lowest BCUT2D eigenvalue weighted by Gasteiger charge is -2.09. The maximum absolute atomic E-state index is 12.2. The molecule has 0 fully saturated rings. The fraction of sp³-hybridized carbons (Fsp3) is 0.111. The van der Waals surface area contributed by atoms with Gasteiger partial charge in [-0.05, 0) is 35.9 Å². The summed E-state index contributed by atoms with van der Waals surface area (Å²) in [5.41, 5.74) is 2.26. The molecule has 4 nitrogen and oxygen atoms in total. The van der Waals surface area contributed by atoms with Crippen molar-refractivity contribution in [1.82, 2.24) is 9.97 Å². The molecule has 25 heavy (non-hydrogen) atoms. The number of pyridine rings is 2. The molecule has 0 N–H and O–H groups in total. The van der Waals surface area contributed by atoms with E-state index < -0.39 is 6.36 Å². The van der Waals surface area contributed by atoms with Gasteiger partial charge in [0.05, 0.1) is 5.69 Å². The third kappa shape index (κ3) is 4.94. The first kappa shape index (κ1) is 16.8. The zero-order chi connectivity index (χ0) is 17.7. The Kier molecular flexibility index (Phi) is 4.83. The Hall–Kier alpha value is -3.09. The van der Waals surface area contributed by atoms with Gasteiger partial charge in [-0.15, -0.1) is 13.2 Å². The van der Waals surface area contributed by atoms with Crippen molar-refractivity contribution in [2.45, 2.75) is 13.0 Å². The van der Waals surface area contributed by atoms with E-state index in [0.717, 1.165) is 16.8 Å². The van der Waals surface area contributed by atoms with Crippen LogP contribution in [-0.4, -0.2) is 16.3 Å². The molecule has 0 atom stereocenters. The van der Waals surface area contributed by atoms with Crippen LogP contribution in [0.3, 0.4) is 0 Å². The van der Waals surface area contributed by atoms with Crippen molar-refractivity contribution in [3.05, 3.63) is 72.7 Å². The average molecular weight is 346 g/mol. The summed E-state index contributed by atoms with van der Waals surface area (Å²) < 4.78 is 45.8. The lowest BCUT2D eigenvalue weighted by molar-refractivity contribution is -0.274. The third-order valence-electron chi connectivity index (χ3n) is 3.25. The molecule has 2 heterocycles. The van der Waals surface area contributed by atoms with Gasteiger partial charge in [0.25, 0.3) is 0 Å². The largest absolute Gasteiger partial charge is 0.573 e. The van der Waals surface area contributed by atoms with Crippen LogP contribution in [0.15, 0.2) is 67.0 Å². The molecule has 0 aliphatic heterocycles. The Morgan fingerprint density at radius 3 is 2.20 bits per heavy atom. The second kappa shape index (κ2) is 7.21. The number of halogens is 3. The summed E-state index contributed by atoms with van der Waals surface area (Å²) >= 11 is 0. The highest BCUT2D eigenvalue weighted by atomic mass is 19.4. The van der Waals surface area contributed by atoms with E-state index in [1.54, 1.807) is 24.5 Å². The molecule has 0 saturated heterocycles. The minimum absolute atomic E-state index is 0.264. The van der Waals surface area contributed by atoms with Crippen LogP contribution in [0.1, 0.15) is 5.69 Å². The lowest BCUT2D eigenvalue weighted by atomic mass is 10.1. The van der Waals surface area contributed by atoms with Crippen molar-refractivity contribution in [3.63, 3.8) is 0 Å². The van der Waals surface area contributed by atoms with Crippen LogP contribution in [0.2, 0.25) is 0 Å². The molecule has 0 bridgehead atoms. The van der Waals surface area contributed by atoms with E-state index in [2.05, 4.69) is 14.7 Å². The van der Waals surface area contributed by atoms with Crippen molar-refractivity contribution in [1.29, 1.82) is 0 Å². The Morgan fingerprint density at radius 1 is 0.840 bits per heavy atom. The topological polar surface area (TPSA) is 44.2 Å². The molecule has 3 rings (SSSR count). The van der Waals surface area contributed by atoms with Crippen molar-refractivity contribution in [3.8, 4) is 22.8 Å². The molecule has 0 radical (unpaired) electrons. The van der Waals surface area contributed by atoms with Crippen molar-refractivity contribution in [2.75, 3.05) is 0 Å². The fourth-order valence-electron chi connectivity index (χ4n) is 2.12. The van der Waals surface area contributed by atoms with Gasteiger partial charge in [0.2, 0.25) is 5.88 Å². The standard InChI is InChI=1S/C18H13F3N2O2/c19-18(20,21)25-16-7-4-13(5-8-16)14-6-9-17(23-11-14)24-12-15-3-1-2-10-22-15/h1-11H,12H2. The number of benzene rings is 1. The Balaban J connectivity index is 1.64. The van der Waals surface area contributed by atoms with Gasteiger partial charge < -0.3 is 9.47 Å². The third-order valence-corrected chi connectivity index (χ3v) is 3.25. The zero-order valence-electron chi connectivity index (χ0n) is 12.9. The lowest BCUT2D eigenvalue weighted by Crippen LogP contribution is -2.16. The van der Waals surface area contributed by atoms with Crippen LogP contribution >= 0.6 is 0 Å². The quantitative estimate of drug-likeness (QED) is 0.676. The van der Waals surface area contributed by atoms with E-state index in [1.165, 1.54) is 24.3 Å². The molecule has 128 valence electrons. The van der Waals surface area contributed by atoms with E-state index in [4.69, 9.17) is 4.74 Å². The second-order valence-electron chi connectivity index (χ2n) is 5.07.